The van der Waals surface area contributed by atoms with E-state index >= 15 is 0 Å². The summed E-state index contributed by atoms with van der Waals surface area (Å²) in [7, 11) is 2.70. The second-order valence-corrected chi connectivity index (χ2v) is 5.50. The molecule has 122 valence electrons. The van der Waals surface area contributed by atoms with Crippen LogP contribution in [0.3, 0.4) is 0 Å². The van der Waals surface area contributed by atoms with Crippen LogP contribution in [-0.2, 0) is 20.7 Å². The smallest absolute Gasteiger partial charge is 0.408 e. The van der Waals surface area contributed by atoms with E-state index in [0.717, 1.165) is 0 Å². The summed E-state index contributed by atoms with van der Waals surface area (Å²) in [6.07, 6.45) is 2.50. The minimum Gasteiger partial charge on any atom is -0.467 e. The second-order valence-electron chi connectivity index (χ2n) is 5.50. The van der Waals surface area contributed by atoms with Crippen molar-refractivity contribution in [2.75, 3.05) is 14.2 Å². The standard InChI is InChI=1S/C14H21N3O5/c1-14(2,3)22-13(19)17-10(11(18)20-4)6-9-7-15-12(21-5)16-8-9/h7-8,10H,6H2,1-5H3,(H,17,19)/t10-/m0/s1. The van der Waals surface area contributed by atoms with E-state index in [-0.39, 0.29) is 12.4 Å². The Morgan fingerprint density at radius 3 is 2.27 bits per heavy atom. The van der Waals surface area contributed by atoms with E-state index in [2.05, 4.69) is 20.0 Å². The van der Waals surface area contributed by atoms with Gasteiger partial charge in [-0.25, -0.2) is 19.6 Å². The third-order valence-electron chi connectivity index (χ3n) is 2.48. The summed E-state index contributed by atoms with van der Waals surface area (Å²) in [6, 6.07) is -0.671. The monoisotopic (exact) mass is 311 g/mol. The van der Waals surface area contributed by atoms with Crippen molar-refractivity contribution < 1.29 is 23.8 Å². The van der Waals surface area contributed by atoms with Gasteiger partial charge in [0.05, 0.1) is 14.2 Å². The number of carbonyl (C=O) groups excluding carboxylic acids is 2. The number of nitrogens with one attached hydrogen (secondary N) is 1. The first kappa shape index (κ1) is 17.7. The molecular weight excluding hydrogens is 290 g/mol. The van der Waals surface area contributed by atoms with Gasteiger partial charge in [0.1, 0.15) is 11.6 Å². The van der Waals surface area contributed by atoms with E-state index in [9.17, 15) is 9.59 Å². The lowest BCUT2D eigenvalue weighted by atomic mass is 10.1. The normalized spacial score (nSPS) is 12.2. The van der Waals surface area contributed by atoms with Crippen LogP contribution in [0, 0.1) is 0 Å². The summed E-state index contributed by atoms with van der Waals surface area (Å²) in [5, 5.41) is 2.48. The molecule has 0 aliphatic heterocycles. The summed E-state index contributed by atoms with van der Waals surface area (Å²) >= 11 is 0. The highest BCUT2D eigenvalue weighted by atomic mass is 16.6. The van der Waals surface area contributed by atoms with Crippen LogP contribution in [-0.4, -0.2) is 47.9 Å². The zero-order chi connectivity index (χ0) is 16.8. The van der Waals surface area contributed by atoms with Crippen molar-refractivity contribution >= 4 is 12.1 Å². The lowest BCUT2D eigenvalue weighted by molar-refractivity contribution is -0.143. The molecule has 0 saturated heterocycles. The molecular formula is C14H21N3O5. The fraction of sp³-hybridized carbons (Fsp3) is 0.571. The predicted octanol–water partition coefficient (Wildman–Crippen LogP) is 1.09. The quantitative estimate of drug-likeness (QED) is 0.812. The van der Waals surface area contributed by atoms with Crippen molar-refractivity contribution in [3.05, 3.63) is 18.0 Å². The van der Waals surface area contributed by atoms with Gasteiger partial charge in [-0.05, 0) is 26.3 Å². The summed E-state index contributed by atoms with van der Waals surface area (Å²) in [5.74, 6) is -0.582. The Kier molecular flexibility index (Phi) is 6.09. The Morgan fingerprint density at radius 1 is 1.23 bits per heavy atom. The lowest BCUT2D eigenvalue weighted by Crippen LogP contribution is -2.45. The molecule has 1 heterocycles. The molecule has 0 aromatic carbocycles. The van der Waals surface area contributed by atoms with Gasteiger partial charge in [0.25, 0.3) is 0 Å². The number of hydrogen-bond donors (Lipinski definition) is 1. The molecule has 0 aliphatic rings. The SMILES string of the molecule is COC(=O)[C@H](Cc1cnc(OC)nc1)NC(=O)OC(C)(C)C. The van der Waals surface area contributed by atoms with Crippen LogP contribution in [0.1, 0.15) is 26.3 Å². The largest absolute Gasteiger partial charge is 0.467 e. The van der Waals surface area contributed by atoms with Crippen molar-refractivity contribution in [1.82, 2.24) is 15.3 Å². The van der Waals surface area contributed by atoms with Gasteiger partial charge in [-0.2, -0.15) is 0 Å². The van der Waals surface area contributed by atoms with Gasteiger partial charge in [-0.15, -0.1) is 0 Å². The van der Waals surface area contributed by atoms with Crippen LogP contribution >= 0.6 is 0 Å². The van der Waals surface area contributed by atoms with Gasteiger partial charge < -0.3 is 19.5 Å². The maximum Gasteiger partial charge on any atom is 0.408 e. The van der Waals surface area contributed by atoms with Crippen molar-refractivity contribution in [3.8, 4) is 6.01 Å². The molecule has 1 aromatic heterocycles. The van der Waals surface area contributed by atoms with E-state index in [0.29, 0.717) is 5.56 Å². The first-order valence-electron chi connectivity index (χ1n) is 6.67. The molecule has 8 heteroatoms. The summed E-state index contributed by atoms with van der Waals surface area (Å²) in [6.45, 7) is 5.20. The topological polar surface area (TPSA) is 99.6 Å². The molecule has 0 fully saturated rings. The van der Waals surface area contributed by atoms with E-state index in [4.69, 9.17) is 9.47 Å². The molecule has 1 aromatic rings. The maximum absolute atomic E-state index is 11.8. The Morgan fingerprint density at radius 2 is 1.82 bits per heavy atom. The number of nitrogens with zero attached hydrogens (tertiary/aromatic N) is 2. The Balaban J connectivity index is 2.75. The predicted molar refractivity (Wildman–Crippen MR) is 77.5 cm³/mol. The number of aromatic nitrogens is 2. The highest BCUT2D eigenvalue weighted by Crippen LogP contribution is 2.09. The minimum atomic E-state index is -0.892. The van der Waals surface area contributed by atoms with Crippen molar-refractivity contribution in [2.45, 2.75) is 38.8 Å². The Labute approximate surface area is 129 Å². The van der Waals surface area contributed by atoms with Crippen LogP contribution < -0.4 is 10.1 Å². The maximum atomic E-state index is 11.8. The highest BCUT2D eigenvalue weighted by Gasteiger charge is 2.25. The number of esters is 1. The summed E-state index contributed by atoms with van der Waals surface area (Å²) in [5.41, 5.74) is -0.0131. The van der Waals surface area contributed by atoms with Crippen LogP contribution in [0.25, 0.3) is 0 Å². The van der Waals surface area contributed by atoms with Gasteiger partial charge >= 0.3 is 18.1 Å². The second kappa shape index (κ2) is 7.58. The molecule has 1 N–H and O–H groups in total. The average molecular weight is 311 g/mol. The van der Waals surface area contributed by atoms with Crippen molar-refractivity contribution in [3.63, 3.8) is 0 Å². The number of carbonyl (C=O) groups is 2. The van der Waals surface area contributed by atoms with E-state index in [1.54, 1.807) is 20.8 Å². The molecule has 1 amide bonds. The number of hydrogen-bond acceptors (Lipinski definition) is 7. The van der Waals surface area contributed by atoms with Crippen LogP contribution in [0.15, 0.2) is 12.4 Å². The molecule has 0 radical (unpaired) electrons. The molecule has 0 aliphatic carbocycles. The number of rotatable bonds is 5. The molecule has 1 rings (SSSR count). The number of ether oxygens (including phenoxy) is 3. The zero-order valence-corrected chi connectivity index (χ0v) is 13.4. The number of methoxy groups -OCH3 is 2. The molecule has 22 heavy (non-hydrogen) atoms. The third-order valence-corrected chi connectivity index (χ3v) is 2.48. The van der Waals surface area contributed by atoms with Gasteiger partial charge in [-0.1, -0.05) is 0 Å². The molecule has 0 spiro atoms. The minimum absolute atomic E-state index is 0.176. The Bertz CT molecular complexity index is 510. The van der Waals surface area contributed by atoms with Crippen molar-refractivity contribution in [2.24, 2.45) is 0 Å². The van der Waals surface area contributed by atoms with Crippen LogP contribution in [0.2, 0.25) is 0 Å². The van der Waals surface area contributed by atoms with Gasteiger partial charge in [-0.3, -0.25) is 0 Å². The lowest BCUT2D eigenvalue weighted by Gasteiger charge is -2.22. The van der Waals surface area contributed by atoms with E-state index in [1.165, 1.54) is 26.6 Å². The summed E-state index contributed by atoms with van der Waals surface area (Å²) < 4.78 is 14.7. The van der Waals surface area contributed by atoms with E-state index in [1.807, 2.05) is 0 Å². The van der Waals surface area contributed by atoms with Crippen LogP contribution in [0.5, 0.6) is 6.01 Å². The number of alkyl carbamates (subject to hydrolysis) is 1. The number of amides is 1. The molecule has 1 atom stereocenters. The molecule has 0 unspecified atom stereocenters. The van der Waals surface area contributed by atoms with E-state index < -0.39 is 23.7 Å². The van der Waals surface area contributed by atoms with Gasteiger partial charge in [0, 0.05) is 18.8 Å². The highest BCUT2D eigenvalue weighted by molar-refractivity contribution is 5.81. The van der Waals surface area contributed by atoms with Crippen LogP contribution in [0.4, 0.5) is 4.79 Å². The third kappa shape index (κ3) is 5.94. The fourth-order valence-corrected chi connectivity index (χ4v) is 1.57. The first-order valence-corrected chi connectivity index (χ1v) is 6.67. The first-order chi connectivity index (χ1) is 10.2. The van der Waals surface area contributed by atoms with Gasteiger partial charge in [0.15, 0.2) is 0 Å². The molecule has 8 nitrogen and oxygen atoms in total. The molecule has 0 saturated carbocycles. The fourth-order valence-electron chi connectivity index (χ4n) is 1.57. The Hall–Kier alpha value is -2.38. The summed E-state index contributed by atoms with van der Waals surface area (Å²) in [4.78, 5) is 31.5. The van der Waals surface area contributed by atoms with Crippen molar-refractivity contribution in [1.29, 1.82) is 0 Å². The molecule has 0 bridgehead atoms. The zero-order valence-electron chi connectivity index (χ0n) is 13.4. The van der Waals surface area contributed by atoms with Gasteiger partial charge in [0.2, 0.25) is 0 Å². The average Bonchev–Trinajstić information content (AvgIpc) is 2.44.